The van der Waals surface area contributed by atoms with Crippen LogP contribution in [0.15, 0.2) is 42.5 Å². The number of benzene rings is 2. The van der Waals surface area contributed by atoms with Crippen molar-refractivity contribution in [3.8, 4) is 11.5 Å². The minimum atomic E-state index is -1.26. The summed E-state index contributed by atoms with van der Waals surface area (Å²) in [7, 11) is 0. The van der Waals surface area contributed by atoms with Crippen LogP contribution in [0.2, 0.25) is 5.02 Å². The van der Waals surface area contributed by atoms with Gasteiger partial charge in [0.25, 0.3) is 5.79 Å². The van der Waals surface area contributed by atoms with E-state index in [0.717, 1.165) is 75.1 Å². The lowest BCUT2D eigenvalue weighted by molar-refractivity contribution is -0.0705. The van der Waals surface area contributed by atoms with Crippen molar-refractivity contribution in [1.82, 2.24) is 14.5 Å². The second-order valence-corrected chi connectivity index (χ2v) is 12.4. The van der Waals surface area contributed by atoms with Crippen LogP contribution in [-0.4, -0.2) is 53.3 Å². The molecule has 0 aliphatic carbocycles. The van der Waals surface area contributed by atoms with Crippen LogP contribution in [-0.2, 0) is 30.0 Å². The Bertz CT molecular complexity index is 1560. The third kappa shape index (κ3) is 4.62. The zero-order chi connectivity index (χ0) is 27.4. The molecule has 2 atom stereocenters. The first-order valence-corrected chi connectivity index (χ1v) is 15.1. The minimum Gasteiger partial charge on any atom is -0.444 e. The Hall–Kier alpha value is -2.85. The smallest absolute Gasteiger partial charge is 0.278 e. The third-order valence-corrected chi connectivity index (χ3v) is 9.56. The number of nitrogens with zero attached hydrogens (tertiary/aromatic N) is 4. The monoisotopic (exact) mass is 582 g/mol. The number of hydrogen-bond donors (Lipinski definition) is 0. The summed E-state index contributed by atoms with van der Waals surface area (Å²) >= 11 is 7.77. The summed E-state index contributed by atoms with van der Waals surface area (Å²) < 4.78 is 35.4. The van der Waals surface area contributed by atoms with E-state index in [4.69, 9.17) is 30.8 Å². The number of anilines is 1. The molecule has 7 nitrogen and oxygen atoms in total. The molecule has 0 radical (unpaired) electrons. The lowest BCUT2D eigenvalue weighted by atomic mass is 10.1. The molecule has 0 bridgehead atoms. The summed E-state index contributed by atoms with van der Waals surface area (Å²) in [5, 5.41) is 0.336. The number of piperazine rings is 1. The highest BCUT2D eigenvalue weighted by atomic mass is 35.5. The number of halogens is 2. The molecule has 0 amide bonds. The highest BCUT2D eigenvalue weighted by Crippen LogP contribution is 2.50. The first-order valence-electron chi connectivity index (χ1n) is 13.9. The second-order valence-electron chi connectivity index (χ2n) is 10.8. The number of imidazole rings is 1. The van der Waals surface area contributed by atoms with Crippen molar-refractivity contribution in [3.05, 3.63) is 69.6 Å². The molecule has 210 valence electrons. The van der Waals surface area contributed by atoms with Gasteiger partial charge in [-0.1, -0.05) is 24.6 Å². The summed E-state index contributed by atoms with van der Waals surface area (Å²) in [6.45, 7) is 9.94. The molecule has 0 spiro atoms. The fourth-order valence-corrected chi connectivity index (χ4v) is 6.96. The van der Waals surface area contributed by atoms with Gasteiger partial charge in [-0.2, -0.15) is 0 Å². The van der Waals surface area contributed by atoms with Gasteiger partial charge in [-0.25, -0.2) is 9.37 Å². The van der Waals surface area contributed by atoms with Crippen LogP contribution in [0.25, 0.3) is 10.3 Å². The summed E-state index contributed by atoms with van der Waals surface area (Å²) in [6.07, 6.45) is 2.43. The highest BCUT2D eigenvalue weighted by molar-refractivity contribution is 7.18. The summed E-state index contributed by atoms with van der Waals surface area (Å²) in [4.78, 5) is 12.4. The predicted octanol–water partition coefficient (Wildman–Crippen LogP) is 6.21. The first-order chi connectivity index (χ1) is 19.4. The molecule has 2 saturated heterocycles. The molecule has 40 heavy (non-hydrogen) atoms. The van der Waals surface area contributed by atoms with Crippen molar-refractivity contribution in [1.29, 1.82) is 0 Å². The van der Waals surface area contributed by atoms with E-state index in [1.165, 1.54) is 16.5 Å². The highest BCUT2D eigenvalue weighted by Gasteiger charge is 2.42. The normalized spacial score (nSPS) is 22.7. The molecule has 3 aliphatic heterocycles. The topological polar surface area (TPSA) is 52.0 Å². The largest absolute Gasteiger partial charge is 0.444 e. The molecule has 7 rings (SSSR count). The predicted molar refractivity (Wildman–Crippen MR) is 155 cm³/mol. The van der Waals surface area contributed by atoms with E-state index in [1.807, 2.05) is 18.2 Å². The van der Waals surface area contributed by atoms with Crippen LogP contribution in [0.4, 0.5) is 10.1 Å². The molecule has 4 aromatic rings. The zero-order valence-corrected chi connectivity index (χ0v) is 24.2. The van der Waals surface area contributed by atoms with Gasteiger partial charge in [0.2, 0.25) is 0 Å². The van der Waals surface area contributed by atoms with Crippen molar-refractivity contribution < 1.29 is 18.6 Å². The number of fused-ring (bicyclic) bond motifs is 2. The number of thiophene rings is 1. The van der Waals surface area contributed by atoms with Crippen LogP contribution in [0, 0.1) is 5.82 Å². The van der Waals surface area contributed by atoms with Gasteiger partial charge in [-0.15, -0.1) is 11.3 Å². The van der Waals surface area contributed by atoms with E-state index in [1.54, 1.807) is 30.4 Å². The Balaban J connectivity index is 1.06. The number of para-hydroxylation sites is 1. The van der Waals surface area contributed by atoms with Crippen molar-refractivity contribution in [3.63, 3.8) is 0 Å². The van der Waals surface area contributed by atoms with E-state index in [2.05, 4.69) is 27.4 Å². The van der Waals surface area contributed by atoms with Crippen LogP contribution in [0.3, 0.4) is 0 Å². The SMILES string of the molecule is CCc1cc2c(nc(CN3CCN(c4cccc5c4O[C@@](C)(c4ccc(Cl)cc4F)O5)CC3)n2C[C@@H]2CCO2)s1. The van der Waals surface area contributed by atoms with E-state index in [-0.39, 0.29) is 6.10 Å². The van der Waals surface area contributed by atoms with Crippen molar-refractivity contribution in [2.24, 2.45) is 0 Å². The zero-order valence-electron chi connectivity index (χ0n) is 22.7. The number of aromatic nitrogens is 2. The lowest BCUT2D eigenvalue weighted by Crippen LogP contribution is -2.46. The third-order valence-electron chi connectivity index (χ3n) is 8.16. The van der Waals surface area contributed by atoms with Gasteiger partial charge in [0, 0.05) is 49.6 Å². The number of rotatable bonds is 7. The fourth-order valence-electron chi connectivity index (χ4n) is 5.82. The fraction of sp³-hybridized carbons (Fsp3) is 0.433. The quantitative estimate of drug-likeness (QED) is 0.258. The second kappa shape index (κ2) is 10.2. The van der Waals surface area contributed by atoms with Gasteiger partial charge >= 0.3 is 0 Å². The number of hydrogen-bond acceptors (Lipinski definition) is 7. The Morgan fingerprint density at radius 2 is 1.95 bits per heavy atom. The first kappa shape index (κ1) is 26.1. The molecule has 3 aliphatic rings. The molecular weight excluding hydrogens is 551 g/mol. The molecule has 2 aromatic heterocycles. The Kier molecular flexibility index (Phi) is 6.65. The van der Waals surface area contributed by atoms with Crippen molar-refractivity contribution in [2.45, 2.75) is 51.7 Å². The van der Waals surface area contributed by atoms with Crippen LogP contribution >= 0.6 is 22.9 Å². The van der Waals surface area contributed by atoms with Gasteiger partial charge < -0.3 is 23.7 Å². The molecule has 2 fully saturated rings. The standard InChI is InChI=1S/C30H32ClFN4O3S/c1-3-21-16-25-29(40-21)33-27(36(25)17-20-9-14-37-20)18-34-10-12-35(13-11-34)24-5-4-6-26-28(24)39-30(2,38-26)22-8-7-19(31)15-23(22)32/h4-8,15-16,20H,3,9-14,17-18H2,1-2H3/t20-,30-/m0/s1. The average molecular weight is 583 g/mol. The maximum atomic E-state index is 14.8. The van der Waals surface area contributed by atoms with E-state index >= 15 is 0 Å². The number of ether oxygens (including phenoxy) is 3. The molecule has 0 N–H and O–H groups in total. The van der Waals surface area contributed by atoms with Gasteiger partial charge in [-0.05, 0) is 49.2 Å². The van der Waals surface area contributed by atoms with E-state index in [0.29, 0.717) is 22.1 Å². The van der Waals surface area contributed by atoms with Crippen LogP contribution in [0.1, 0.15) is 36.5 Å². The van der Waals surface area contributed by atoms with E-state index < -0.39 is 11.6 Å². The Morgan fingerprint density at radius 1 is 1.12 bits per heavy atom. The van der Waals surface area contributed by atoms with Gasteiger partial charge in [-0.3, -0.25) is 4.90 Å². The molecule has 10 heteroatoms. The van der Waals surface area contributed by atoms with Crippen molar-refractivity contribution in [2.75, 3.05) is 37.7 Å². The van der Waals surface area contributed by atoms with Crippen LogP contribution in [0.5, 0.6) is 11.5 Å². The summed E-state index contributed by atoms with van der Waals surface area (Å²) in [5.41, 5.74) is 2.52. The molecule has 2 aromatic carbocycles. The summed E-state index contributed by atoms with van der Waals surface area (Å²) in [6, 6.07) is 12.7. The summed E-state index contributed by atoms with van der Waals surface area (Å²) in [5.74, 6) is 0.664. The molecular formula is C30H32ClFN4O3S. The lowest BCUT2D eigenvalue weighted by Gasteiger charge is -2.36. The Morgan fingerprint density at radius 3 is 2.67 bits per heavy atom. The maximum Gasteiger partial charge on any atom is 0.278 e. The molecule has 5 heterocycles. The van der Waals surface area contributed by atoms with Crippen LogP contribution < -0.4 is 14.4 Å². The van der Waals surface area contributed by atoms with Gasteiger partial charge in [0.05, 0.1) is 36.0 Å². The molecule has 0 saturated carbocycles. The minimum absolute atomic E-state index is 0.285. The van der Waals surface area contributed by atoms with Gasteiger partial charge in [0.15, 0.2) is 11.5 Å². The average Bonchev–Trinajstić information content (AvgIpc) is 3.57. The number of aryl methyl sites for hydroxylation is 1. The Labute approximate surface area is 242 Å². The maximum absolute atomic E-state index is 14.8. The van der Waals surface area contributed by atoms with Gasteiger partial charge in [0.1, 0.15) is 16.5 Å². The molecule has 0 unspecified atom stereocenters. The van der Waals surface area contributed by atoms with Crippen molar-refractivity contribution >= 4 is 39.0 Å². The van der Waals surface area contributed by atoms with E-state index in [9.17, 15) is 4.39 Å².